The molecule has 0 amide bonds. The second-order valence-corrected chi connectivity index (χ2v) is 8.54. The molecule has 120 valence electrons. The lowest BCUT2D eigenvalue weighted by molar-refractivity contribution is 0.317. The van der Waals surface area contributed by atoms with Gasteiger partial charge in [-0.1, -0.05) is 44.0 Å². The van der Waals surface area contributed by atoms with Gasteiger partial charge < -0.3 is 5.32 Å². The molecule has 0 aromatic heterocycles. The molecular weight excluding hydrogens is 331 g/mol. The van der Waals surface area contributed by atoms with Crippen LogP contribution in [0.2, 0.25) is 10.0 Å². The van der Waals surface area contributed by atoms with Gasteiger partial charge in [0.15, 0.2) is 0 Å². The average molecular weight is 353 g/mol. The molecule has 4 nitrogen and oxygen atoms in total. The van der Waals surface area contributed by atoms with Gasteiger partial charge in [0, 0.05) is 23.2 Å². The van der Waals surface area contributed by atoms with Crippen molar-refractivity contribution in [3.05, 3.63) is 27.7 Å². The molecule has 0 aliphatic carbocycles. The smallest absolute Gasteiger partial charge is 0.242 e. The summed E-state index contributed by atoms with van der Waals surface area (Å²) in [5, 5.41) is 3.52. The minimum absolute atomic E-state index is 0.0508. The first kappa shape index (κ1) is 18.7. The van der Waals surface area contributed by atoms with Crippen molar-refractivity contribution < 1.29 is 8.42 Å². The highest BCUT2D eigenvalue weighted by Crippen LogP contribution is 2.31. The first-order valence-electron chi connectivity index (χ1n) is 6.64. The summed E-state index contributed by atoms with van der Waals surface area (Å²) in [5.41, 5.74) is 0.381. The second-order valence-electron chi connectivity index (χ2n) is 6.08. The Morgan fingerprint density at radius 2 is 1.81 bits per heavy atom. The van der Waals surface area contributed by atoms with Crippen LogP contribution in [-0.2, 0) is 16.6 Å². The highest BCUT2D eigenvalue weighted by molar-refractivity contribution is 7.89. The molecule has 0 heterocycles. The zero-order valence-electron chi connectivity index (χ0n) is 12.9. The molecule has 7 heteroatoms. The van der Waals surface area contributed by atoms with Crippen LogP contribution in [0.15, 0.2) is 17.0 Å². The molecule has 0 bridgehead atoms. The van der Waals surface area contributed by atoms with Crippen LogP contribution >= 0.6 is 23.2 Å². The Balaban J connectivity index is 3.24. The summed E-state index contributed by atoms with van der Waals surface area (Å²) in [7, 11) is -1.96. The normalized spacial score (nSPS) is 14.2. The molecule has 0 aliphatic rings. The number of nitrogens with one attached hydrogen (secondary N) is 2. The molecule has 0 spiro atoms. The summed E-state index contributed by atoms with van der Waals surface area (Å²) in [6.45, 7) is 8.13. The molecule has 1 atom stereocenters. The van der Waals surface area contributed by atoms with Gasteiger partial charge in [0.2, 0.25) is 10.0 Å². The Bertz CT molecular complexity index is 610. The number of hydrogen-bond acceptors (Lipinski definition) is 3. The number of hydrogen-bond donors (Lipinski definition) is 2. The topological polar surface area (TPSA) is 58.2 Å². The zero-order chi connectivity index (χ0) is 16.4. The Kier molecular flexibility index (Phi) is 6.09. The molecule has 1 aromatic rings. The minimum atomic E-state index is -3.70. The van der Waals surface area contributed by atoms with Gasteiger partial charge >= 0.3 is 0 Å². The summed E-state index contributed by atoms with van der Waals surface area (Å²) in [6.07, 6.45) is 0. The molecular formula is C14H22Cl2N2O2S. The van der Waals surface area contributed by atoms with Gasteiger partial charge in [-0.3, -0.25) is 0 Å². The zero-order valence-corrected chi connectivity index (χ0v) is 15.2. The minimum Gasteiger partial charge on any atom is -0.316 e. The van der Waals surface area contributed by atoms with Crippen molar-refractivity contribution >= 4 is 33.2 Å². The quantitative estimate of drug-likeness (QED) is 0.853. The fourth-order valence-corrected chi connectivity index (χ4v) is 3.96. The number of rotatable bonds is 5. The van der Waals surface area contributed by atoms with Crippen LogP contribution in [0.1, 0.15) is 33.3 Å². The van der Waals surface area contributed by atoms with Crippen LogP contribution in [0.4, 0.5) is 0 Å². The molecule has 1 rings (SSSR count). The first-order chi connectivity index (χ1) is 9.50. The van der Waals surface area contributed by atoms with Crippen LogP contribution in [0.5, 0.6) is 0 Å². The van der Waals surface area contributed by atoms with Gasteiger partial charge in [-0.2, -0.15) is 0 Å². The Labute approximate surface area is 137 Å². The molecule has 1 unspecified atom stereocenters. The lowest BCUT2D eigenvalue weighted by atomic mass is 9.89. The standard InChI is InChI=1S/C14H22Cl2N2O2S/c1-9(14(2,3)4)18-21(19,20)12-7-6-11(15)10(8-17-5)13(12)16/h6-7,9,17-18H,8H2,1-5H3. The van der Waals surface area contributed by atoms with E-state index in [4.69, 9.17) is 23.2 Å². The van der Waals surface area contributed by atoms with E-state index in [1.54, 1.807) is 13.1 Å². The van der Waals surface area contributed by atoms with Crippen molar-refractivity contribution in [3.8, 4) is 0 Å². The van der Waals surface area contributed by atoms with E-state index in [9.17, 15) is 8.42 Å². The average Bonchev–Trinajstić information content (AvgIpc) is 2.32. The van der Waals surface area contributed by atoms with Crippen molar-refractivity contribution in [2.75, 3.05) is 7.05 Å². The van der Waals surface area contributed by atoms with Crippen LogP contribution in [0, 0.1) is 5.41 Å². The summed E-state index contributed by atoms with van der Waals surface area (Å²) in [5.74, 6) is 0. The lowest BCUT2D eigenvalue weighted by Crippen LogP contribution is -2.41. The van der Waals surface area contributed by atoms with Crippen molar-refractivity contribution in [1.82, 2.24) is 10.0 Å². The molecule has 1 aromatic carbocycles. The molecule has 0 saturated carbocycles. The third kappa shape index (κ3) is 4.57. The highest BCUT2D eigenvalue weighted by atomic mass is 35.5. The molecule has 0 saturated heterocycles. The highest BCUT2D eigenvalue weighted by Gasteiger charge is 2.28. The van der Waals surface area contributed by atoms with Gasteiger partial charge in [-0.25, -0.2) is 13.1 Å². The van der Waals surface area contributed by atoms with Crippen molar-refractivity contribution in [2.45, 2.75) is 45.2 Å². The van der Waals surface area contributed by atoms with Crippen LogP contribution in [-0.4, -0.2) is 21.5 Å². The predicted molar refractivity (Wildman–Crippen MR) is 88.5 cm³/mol. The van der Waals surface area contributed by atoms with Gasteiger partial charge in [0.25, 0.3) is 0 Å². The lowest BCUT2D eigenvalue weighted by Gasteiger charge is -2.28. The van der Waals surface area contributed by atoms with Crippen LogP contribution < -0.4 is 10.0 Å². The maximum absolute atomic E-state index is 12.5. The van der Waals surface area contributed by atoms with E-state index >= 15 is 0 Å². The van der Waals surface area contributed by atoms with E-state index in [1.807, 2.05) is 27.7 Å². The van der Waals surface area contributed by atoms with E-state index in [0.29, 0.717) is 17.1 Å². The van der Waals surface area contributed by atoms with E-state index in [2.05, 4.69) is 10.0 Å². The maximum atomic E-state index is 12.5. The maximum Gasteiger partial charge on any atom is 0.242 e. The van der Waals surface area contributed by atoms with Crippen molar-refractivity contribution in [2.24, 2.45) is 5.41 Å². The van der Waals surface area contributed by atoms with Crippen LogP contribution in [0.25, 0.3) is 0 Å². The number of halogens is 2. The SMILES string of the molecule is CNCc1c(Cl)ccc(S(=O)(=O)NC(C)C(C)(C)C)c1Cl. The summed E-state index contributed by atoms with van der Waals surface area (Å²) >= 11 is 12.3. The molecule has 0 aliphatic heterocycles. The Hall–Kier alpha value is -0.330. The van der Waals surface area contributed by atoms with Crippen LogP contribution in [0.3, 0.4) is 0 Å². The molecule has 21 heavy (non-hydrogen) atoms. The van der Waals surface area contributed by atoms with E-state index < -0.39 is 10.0 Å². The van der Waals surface area contributed by atoms with Gasteiger partial charge in [-0.15, -0.1) is 0 Å². The van der Waals surface area contributed by atoms with Gasteiger partial charge in [0.1, 0.15) is 4.90 Å². The monoisotopic (exact) mass is 352 g/mol. The summed E-state index contributed by atoms with van der Waals surface area (Å²) in [6, 6.07) is 2.75. The molecule has 0 fully saturated rings. The molecule has 0 radical (unpaired) electrons. The number of benzene rings is 1. The largest absolute Gasteiger partial charge is 0.316 e. The Morgan fingerprint density at radius 1 is 1.24 bits per heavy atom. The predicted octanol–water partition coefficient (Wildman–Crippen LogP) is 3.43. The van der Waals surface area contributed by atoms with Crippen molar-refractivity contribution in [3.63, 3.8) is 0 Å². The second kappa shape index (κ2) is 6.84. The van der Waals surface area contributed by atoms with E-state index in [-0.39, 0.29) is 21.4 Å². The van der Waals surface area contributed by atoms with E-state index in [0.717, 1.165) is 0 Å². The Morgan fingerprint density at radius 3 is 2.29 bits per heavy atom. The first-order valence-corrected chi connectivity index (χ1v) is 8.88. The molecule has 2 N–H and O–H groups in total. The number of sulfonamides is 1. The van der Waals surface area contributed by atoms with Crippen molar-refractivity contribution in [1.29, 1.82) is 0 Å². The van der Waals surface area contributed by atoms with Gasteiger partial charge in [0.05, 0.1) is 5.02 Å². The van der Waals surface area contributed by atoms with E-state index in [1.165, 1.54) is 6.07 Å². The third-order valence-corrected chi connectivity index (χ3v) is 5.91. The summed E-state index contributed by atoms with van der Waals surface area (Å²) < 4.78 is 27.7. The third-order valence-electron chi connectivity index (χ3n) is 3.42. The fourth-order valence-electron chi connectivity index (χ4n) is 1.60. The van der Waals surface area contributed by atoms with Gasteiger partial charge in [-0.05, 0) is 31.5 Å². The fraction of sp³-hybridized carbons (Fsp3) is 0.571. The summed E-state index contributed by atoms with van der Waals surface area (Å²) in [4.78, 5) is 0.0508.